The van der Waals surface area contributed by atoms with Gasteiger partial charge in [0.05, 0.1) is 0 Å². The Hall–Kier alpha value is -0.0500. The zero-order chi connectivity index (χ0) is 8.39. The number of halogens is 2. The summed E-state index contributed by atoms with van der Waals surface area (Å²) in [5, 5.41) is 3.48. The molecule has 1 N–H and O–H groups in total. The van der Waals surface area contributed by atoms with Gasteiger partial charge in [-0.25, -0.2) is 0 Å². The maximum Gasteiger partial charge on any atom is 0.0208 e. The summed E-state index contributed by atoms with van der Waals surface area (Å²) in [6.07, 6.45) is 2.72. The molecule has 1 aromatic rings. The number of hydrogen-bond acceptors (Lipinski definition) is 1. The van der Waals surface area contributed by atoms with E-state index in [0.717, 1.165) is 17.1 Å². The molecule has 1 fully saturated rings. The Morgan fingerprint density at radius 3 is 2.38 bits per heavy atom. The number of benzene rings is 1. The molecule has 1 aliphatic rings. The van der Waals surface area contributed by atoms with Crippen molar-refractivity contribution in [2.45, 2.75) is 25.4 Å². The molecule has 0 aromatic heterocycles. The first kappa shape index (κ1) is 11.0. The third kappa shape index (κ3) is 3.67. The molecule has 0 amide bonds. The van der Waals surface area contributed by atoms with Crippen molar-refractivity contribution in [2.75, 3.05) is 0 Å². The molecule has 0 spiro atoms. The Bertz CT molecular complexity index is 256. The first-order chi connectivity index (χ1) is 5.84. The van der Waals surface area contributed by atoms with E-state index in [1.807, 2.05) is 0 Å². The first-order valence-electron chi connectivity index (χ1n) is 4.32. The second-order valence-corrected chi connectivity index (χ2v) is 4.20. The lowest BCUT2D eigenvalue weighted by Crippen LogP contribution is -2.14. The van der Waals surface area contributed by atoms with Crippen LogP contribution in [0.2, 0.25) is 0 Å². The lowest BCUT2D eigenvalue weighted by atomic mass is 10.2. The molecular formula is C10H13BrClN. The molecule has 0 aliphatic heterocycles. The van der Waals surface area contributed by atoms with Crippen molar-refractivity contribution in [3.8, 4) is 0 Å². The molecule has 2 rings (SSSR count). The smallest absolute Gasteiger partial charge is 0.0208 e. The molecule has 72 valence electrons. The summed E-state index contributed by atoms with van der Waals surface area (Å²) in [4.78, 5) is 0. The predicted octanol–water partition coefficient (Wildman–Crippen LogP) is 3.12. The van der Waals surface area contributed by atoms with Crippen molar-refractivity contribution in [1.29, 1.82) is 0 Å². The fourth-order valence-electron chi connectivity index (χ4n) is 1.15. The minimum absolute atomic E-state index is 0. The standard InChI is InChI=1S/C10H12BrN.ClH/c11-9-3-1-8(2-4-9)7-12-10-5-6-10;/h1-4,10,12H,5-7H2;1H. The molecule has 1 saturated carbocycles. The fraction of sp³-hybridized carbons (Fsp3) is 0.400. The summed E-state index contributed by atoms with van der Waals surface area (Å²) < 4.78 is 1.15. The minimum atomic E-state index is 0. The van der Waals surface area contributed by atoms with Gasteiger partial charge in [-0.15, -0.1) is 12.4 Å². The lowest BCUT2D eigenvalue weighted by molar-refractivity contribution is 0.688. The van der Waals surface area contributed by atoms with Crippen molar-refractivity contribution in [3.05, 3.63) is 34.3 Å². The Morgan fingerprint density at radius 1 is 1.23 bits per heavy atom. The molecule has 0 bridgehead atoms. The van der Waals surface area contributed by atoms with E-state index in [-0.39, 0.29) is 12.4 Å². The highest BCUT2D eigenvalue weighted by Gasteiger charge is 2.19. The molecule has 1 nitrogen and oxygen atoms in total. The van der Waals surface area contributed by atoms with Crippen LogP contribution in [0.1, 0.15) is 18.4 Å². The summed E-state index contributed by atoms with van der Waals surface area (Å²) in [6.45, 7) is 1.01. The van der Waals surface area contributed by atoms with E-state index in [1.54, 1.807) is 0 Å². The highest BCUT2D eigenvalue weighted by molar-refractivity contribution is 9.10. The number of nitrogens with one attached hydrogen (secondary N) is 1. The van der Waals surface area contributed by atoms with Crippen LogP contribution in [0.25, 0.3) is 0 Å². The van der Waals surface area contributed by atoms with Crippen LogP contribution in [0, 0.1) is 0 Å². The largest absolute Gasteiger partial charge is 0.310 e. The van der Waals surface area contributed by atoms with Gasteiger partial charge >= 0.3 is 0 Å². The van der Waals surface area contributed by atoms with Gasteiger partial charge in [-0.3, -0.25) is 0 Å². The molecule has 0 heterocycles. The van der Waals surface area contributed by atoms with E-state index in [4.69, 9.17) is 0 Å². The Labute approximate surface area is 93.5 Å². The maximum atomic E-state index is 3.48. The summed E-state index contributed by atoms with van der Waals surface area (Å²) in [6, 6.07) is 9.28. The van der Waals surface area contributed by atoms with Crippen LogP contribution in [-0.4, -0.2) is 6.04 Å². The van der Waals surface area contributed by atoms with Gasteiger partial charge in [-0.1, -0.05) is 28.1 Å². The van der Waals surface area contributed by atoms with Gasteiger partial charge in [-0.05, 0) is 30.5 Å². The second kappa shape index (κ2) is 4.99. The van der Waals surface area contributed by atoms with Crippen molar-refractivity contribution in [3.63, 3.8) is 0 Å². The van der Waals surface area contributed by atoms with Gasteiger partial charge in [0.25, 0.3) is 0 Å². The highest BCUT2D eigenvalue weighted by Crippen LogP contribution is 2.19. The molecule has 1 aliphatic carbocycles. The third-order valence-electron chi connectivity index (χ3n) is 2.09. The average molecular weight is 263 g/mol. The molecule has 0 atom stereocenters. The summed E-state index contributed by atoms with van der Waals surface area (Å²) in [5.74, 6) is 0. The molecule has 3 heteroatoms. The molecule has 0 unspecified atom stereocenters. The van der Waals surface area contributed by atoms with Crippen LogP contribution in [0.3, 0.4) is 0 Å². The van der Waals surface area contributed by atoms with E-state index in [1.165, 1.54) is 18.4 Å². The van der Waals surface area contributed by atoms with Gasteiger partial charge in [0.2, 0.25) is 0 Å². The monoisotopic (exact) mass is 261 g/mol. The molecule has 1 aromatic carbocycles. The molecule has 13 heavy (non-hydrogen) atoms. The van der Waals surface area contributed by atoms with Crippen LogP contribution in [0.5, 0.6) is 0 Å². The first-order valence-corrected chi connectivity index (χ1v) is 5.12. The van der Waals surface area contributed by atoms with Crippen LogP contribution < -0.4 is 5.32 Å². The van der Waals surface area contributed by atoms with Crippen LogP contribution in [0.4, 0.5) is 0 Å². The van der Waals surface area contributed by atoms with Crippen molar-refractivity contribution < 1.29 is 0 Å². The van der Waals surface area contributed by atoms with E-state index < -0.39 is 0 Å². The predicted molar refractivity (Wildman–Crippen MR) is 61.3 cm³/mol. The Kier molecular flexibility index (Phi) is 4.23. The van der Waals surface area contributed by atoms with Crippen LogP contribution >= 0.6 is 28.3 Å². The van der Waals surface area contributed by atoms with Gasteiger partial charge in [0, 0.05) is 17.1 Å². The summed E-state index contributed by atoms with van der Waals surface area (Å²) in [5.41, 5.74) is 1.37. The van der Waals surface area contributed by atoms with Crippen molar-refractivity contribution >= 4 is 28.3 Å². The van der Waals surface area contributed by atoms with Crippen LogP contribution in [-0.2, 0) is 6.54 Å². The normalized spacial score (nSPS) is 15.2. The molecular weight excluding hydrogens is 249 g/mol. The highest BCUT2D eigenvalue weighted by atomic mass is 79.9. The van der Waals surface area contributed by atoms with E-state index in [2.05, 4.69) is 45.5 Å². The lowest BCUT2D eigenvalue weighted by Gasteiger charge is -2.02. The zero-order valence-corrected chi connectivity index (χ0v) is 9.70. The summed E-state index contributed by atoms with van der Waals surface area (Å²) in [7, 11) is 0. The second-order valence-electron chi connectivity index (χ2n) is 3.28. The number of rotatable bonds is 3. The molecule has 0 radical (unpaired) electrons. The molecule has 0 saturated heterocycles. The Balaban J connectivity index is 0.000000845. The van der Waals surface area contributed by atoms with E-state index in [0.29, 0.717) is 0 Å². The van der Waals surface area contributed by atoms with Gasteiger partial charge in [0.15, 0.2) is 0 Å². The SMILES string of the molecule is Brc1ccc(CNC2CC2)cc1.Cl. The van der Waals surface area contributed by atoms with Crippen molar-refractivity contribution in [1.82, 2.24) is 5.32 Å². The maximum absolute atomic E-state index is 3.48. The van der Waals surface area contributed by atoms with Gasteiger partial charge in [-0.2, -0.15) is 0 Å². The minimum Gasteiger partial charge on any atom is -0.310 e. The average Bonchev–Trinajstić information content (AvgIpc) is 2.87. The van der Waals surface area contributed by atoms with Gasteiger partial charge < -0.3 is 5.32 Å². The van der Waals surface area contributed by atoms with Gasteiger partial charge in [0.1, 0.15) is 0 Å². The van der Waals surface area contributed by atoms with Crippen molar-refractivity contribution in [2.24, 2.45) is 0 Å². The quantitative estimate of drug-likeness (QED) is 0.882. The van der Waals surface area contributed by atoms with E-state index >= 15 is 0 Å². The van der Waals surface area contributed by atoms with E-state index in [9.17, 15) is 0 Å². The zero-order valence-electron chi connectivity index (χ0n) is 7.29. The Morgan fingerprint density at radius 2 is 1.85 bits per heavy atom. The summed E-state index contributed by atoms with van der Waals surface area (Å²) >= 11 is 3.42. The fourth-order valence-corrected chi connectivity index (χ4v) is 1.42. The number of hydrogen-bond donors (Lipinski definition) is 1. The topological polar surface area (TPSA) is 12.0 Å². The third-order valence-corrected chi connectivity index (χ3v) is 2.61. The van der Waals surface area contributed by atoms with Crippen LogP contribution in [0.15, 0.2) is 28.7 Å².